The van der Waals surface area contributed by atoms with E-state index in [1.165, 1.54) is 13.8 Å². The molecule has 0 aromatic carbocycles. The fourth-order valence-corrected chi connectivity index (χ4v) is 0.795. The number of hydrogen-bond donors (Lipinski definition) is 4. The highest BCUT2D eigenvalue weighted by atomic mass is 16.6. The average Bonchev–Trinajstić information content (AvgIpc) is 1.98. The first-order chi connectivity index (χ1) is 5.49. The van der Waals surface area contributed by atoms with E-state index in [0.717, 1.165) is 0 Å². The fraction of sp³-hybridized carbons (Fsp3) is 1.00. The molecule has 0 heterocycles. The minimum atomic E-state index is -1.19. The van der Waals surface area contributed by atoms with Crippen molar-refractivity contribution in [2.45, 2.75) is 38.4 Å². The number of aliphatic hydroxyl groups excluding tert-OH is 4. The summed E-state index contributed by atoms with van der Waals surface area (Å²) in [4.78, 5) is 0. The van der Waals surface area contributed by atoms with Crippen LogP contribution in [0.5, 0.6) is 0 Å². The third kappa shape index (κ3) is 3.99. The van der Waals surface area contributed by atoms with Crippen LogP contribution in [0.25, 0.3) is 0 Å². The van der Waals surface area contributed by atoms with Gasteiger partial charge in [-0.25, -0.2) is 0 Å². The molecule has 0 aliphatic carbocycles. The first-order valence-electron chi connectivity index (χ1n) is 3.79. The Morgan fingerprint density at radius 1 is 1.17 bits per heavy atom. The molecule has 4 atom stereocenters. The van der Waals surface area contributed by atoms with Crippen molar-refractivity contribution in [3.8, 4) is 0 Å². The summed E-state index contributed by atoms with van der Waals surface area (Å²) in [5.74, 6) is 0. The van der Waals surface area contributed by atoms with E-state index in [9.17, 15) is 5.11 Å². The zero-order valence-electron chi connectivity index (χ0n) is 7.21. The molecule has 0 saturated heterocycles. The Labute approximate surface area is 71.2 Å². The SMILES string of the molecule is CC(O)OC(CO)[C@H](O)[C@@H](C)O. The summed E-state index contributed by atoms with van der Waals surface area (Å²) in [6, 6.07) is 0. The summed E-state index contributed by atoms with van der Waals surface area (Å²) in [5.41, 5.74) is 0. The molecular formula is C7H16O5. The zero-order valence-corrected chi connectivity index (χ0v) is 7.21. The van der Waals surface area contributed by atoms with E-state index in [1.807, 2.05) is 0 Å². The van der Waals surface area contributed by atoms with Crippen molar-refractivity contribution in [2.75, 3.05) is 6.61 Å². The number of hydrogen-bond acceptors (Lipinski definition) is 5. The van der Waals surface area contributed by atoms with Crippen LogP contribution >= 0.6 is 0 Å². The summed E-state index contributed by atoms with van der Waals surface area (Å²) in [7, 11) is 0. The van der Waals surface area contributed by atoms with E-state index < -0.39 is 31.2 Å². The van der Waals surface area contributed by atoms with Gasteiger partial charge in [0.25, 0.3) is 0 Å². The lowest BCUT2D eigenvalue weighted by Gasteiger charge is -2.24. The maximum absolute atomic E-state index is 9.19. The molecule has 0 radical (unpaired) electrons. The Balaban J connectivity index is 3.96. The van der Waals surface area contributed by atoms with Gasteiger partial charge in [0.05, 0.1) is 12.7 Å². The maximum Gasteiger partial charge on any atom is 0.152 e. The molecule has 0 aromatic rings. The van der Waals surface area contributed by atoms with Crippen molar-refractivity contribution >= 4 is 0 Å². The molecule has 0 aliphatic heterocycles. The van der Waals surface area contributed by atoms with E-state index in [2.05, 4.69) is 0 Å². The van der Waals surface area contributed by atoms with Crippen LogP contribution in [0.3, 0.4) is 0 Å². The summed E-state index contributed by atoms with van der Waals surface area (Å²) in [6.07, 6.45) is -4.22. The molecule has 12 heavy (non-hydrogen) atoms. The van der Waals surface area contributed by atoms with E-state index >= 15 is 0 Å². The van der Waals surface area contributed by atoms with Crippen LogP contribution in [0.4, 0.5) is 0 Å². The van der Waals surface area contributed by atoms with Gasteiger partial charge in [0.1, 0.15) is 12.2 Å². The molecule has 2 unspecified atom stereocenters. The molecule has 0 bridgehead atoms. The lowest BCUT2D eigenvalue weighted by Crippen LogP contribution is -2.41. The van der Waals surface area contributed by atoms with Gasteiger partial charge in [0.2, 0.25) is 0 Å². The van der Waals surface area contributed by atoms with Gasteiger partial charge in [0.15, 0.2) is 6.29 Å². The molecule has 74 valence electrons. The summed E-state index contributed by atoms with van der Waals surface area (Å²) < 4.78 is 4.72. The molecule has 0 saturated carbocycles. The highest BCUT2D eigenvalue weighted by Gasteiger charge is 2.24. The van der Waals surface area contributed by atoms with Crippen LogP contribution in [0.15, 0.2) is 0 Å². The molecule has 0 spiro atoms. The lowest BCUT2D eigenvalue weighted by molar-refractivity contribution is -0.181. The quantitative estimate of drug-likeness (QED) is 0.384. The Morgan fingerprint density at radius 3 is 1.92 bits per heavy atom. The van der Waals surface area contributed by atoms with Gasteiger partial charge in [-0.2, -0.15) is 0 Å². The Kier molecular flexibility index (Phi) is 5.36. The molecule has 0 aliphatic rings. The predicted molar refractivity (Wildman–Crippen MR) is 41.3 cm³/mol. The van der Waals surface area contributed by atoms with Gasteiger partial charge in [-0.05, 0) is 13.8 Å². The third-order valence-corrected chi connectivity index (χ3v) is 1.43. The van der Waals surface area contributed by atoms with Crippen LogP contribution in [0.1, 0.15) is 13.8 Å². The maximum atomic E-state index is 9.19. The Morgan fingerprint density at radius 2 is 1.67 bits per heavy atom. The van der Waals surface area contributed by atoms with Gasteiger partial charge < -0.3 is 25.2 Å². The molecule has 0 amide bonds. The predicted octanol–water partition coefficient (Wildman–Crippen LogP) is -1.56. The molecule has 5 nitrogen and oxygen atoms in total. The van der Waals surface area contributed by atoms with Crippen molar-refractivity contribution < 1.29 is 25.2 Å². The monoisotopic (exact) mass is 180 g/mol. The largest absolute Gasteiger partial charge is 0.394 e. The standard InChI is InChI=1S/C7H16O5/c1-4(9)7(11)6(3-8)12-5(2)10/h4-11H,3H2,1-2H3/t4-,5?,6?,7-/m1/s1. The van der Waals surface area contributed by atoms with Crippen LogP contribution in [-0.4, -0.2) is 51.6 Å². The van der Waals surface area contributed by atoms with E-state index in [1.54, 1.807) is 0 Å². The van der Waals surface area contributed by atoms with Crippen LogP contribution in [0, 0.1) is 0 Å². The normalized spacial score (nSPS) is 21.5. The zero-order chi connectivity index (χ0) is 9.72. The minimum absolute atomic E-state index is 0.447. The average molecular weight is 180 g/mol. The number of ether oxygens (including phenoxy) is 1. The first-order valence-corrected chi connectivity index (χ1v) is 3.79. The Bertz CT molecular complexity index is 114. The lowest BCUT2D eigenvalue weighted by atomic mass is 10.1. The smallest absolute Gasteiger partial charge is 0.152 e. The number of aliphatic hydroxyl groups is 4. The van der Waals surface area contributed by atoms with E-state index in [4.69, 9.17) is 20.1 Å². The van der Waals surface area contributed by atoms with E-state index in [-0.39, 0.29) is 0 Å². The van der Waals surface area contributed by atoms with Crippen molar-refractivity contribution in [1.29, 1.82) is 0 Å². The second-order valence-electron chi connectivity index (χ2n) is 2.69. The number of rotatable bonds is 5. The molecule has 4 N–H and O–H groups in total. The van der Waals surface area contributed by atoms with Crippen molar-refractivity contribution in [1.82, 2.24) is 0 Å². The molecule has 0 aromatic heterocycles. The topological polar surface area (TPSA) is 90.2 Å². The van der Waals surface area contributed by atoms with Gasteiger partial charge in [0, 0.05) is 0 Å². The molecule has 0 fully saturated rings. The summed E-state index contributed by atoms with van der Waals surface area (Å²) in [6.45, 7) is 2.28. The first kappa shape index (κ1) is 11.8. The highest BCUT2D eigenvalue weighted by molar-refractivity contribution is 4.72. The molecular weight excluding hydrogens is 164 g/mol. The summed E-state index contributed by atoms with van der Waals surface area (Å²) >= 11 is 0. The van der Waals surface area contributed by atoms with Gasteiger partial charge >= 0.3 is 0 Å². The minimum Gasteiger partial charge on any atom is -0.394 e. The van der Waals surface area contributed by atoms with Crippen molar-refractivity contribution in [2.24, 2.45) is 0 Å². The summed E-state index contributed by atoms with van der Waals surface area (Å²) in [5, 5.41) is 35.5. The highest BCUT2D eigenvalue weighted by Crippen LogP contribution is 2.05. The molecule has 5 heteroatoms. The second kappa shape index (κ2) is 5.45. The molecule has 0 rings (SSSR count). The van der Waals surface area contributed by atoms with E-state index in [0.29, 0.717) is 0 Å². The third-order valence-electron chi connectivity index (χ3n) is 1.43. The fourth-order valence-electron chi connectivity index (χ4n) is 0.795. The van der Waals surface area contributed by atoms with Gasteiger partial charge in [-0.15, -0.1) is 0 Å². The van der Waals surface area contributed by atoms with Crippen LogP contribution < -0.4 is 0 Å². The second-order valence-corrected chi connectivity index (χ2v) is 2.69. The van der Waals surface area contributed by atoms with Crippen molar-refractivity contribution in [3.05, 3.63) is 0 Å². The Hall–Kier alpha value is -0.200. The van der Waals surface area contributed by atoms with Gasteiger partial charge in [-0.1, -0.05) is 0 Å². The van der Waals surface area contributed by atoms with Crippen LogP contribution in [0.2, 0.25) is 0 Å². The van der Waals surface area contributed by atoms with Crippen LogP contribution in [-0.2, 0) is 4.74 Å². The van der Waals surface area contributed by atoms with Gasteiger partial charge in [-0.3, -0.25) is 0 Å². The van der Waals surface area contributed by atoms with Crippen molar-refractivity contribution in [3.63, 3.8) is 0 Å².